The van der Waals surface area contributed by atoms with E-state index in [9.17, 15) is 0 Å². The van der Waals surface area contributed by atoms with Crippen LogP contribution in [-0.4, -0.2) is 50.3 Å². The zero-order valence-electron chi connectivity index (χ0n) is 10.4. The van der Waals surface area contributed by atoms with E-state index in [0.29, 0.717) is 6.10 Å². The molecule has 2 aliphatic heterocycles. The molecule has 0 aliphatic carbocycles. The first-order valence-corrected chi connectivity index (χ1v) is 6.37. The van der Waals surface area contributed by atoms with Gasteiger partial charge in [-0.05, 0) is 32.1 Å². The lowest BCUT2D eigenvalue weighted by Gasteiger charge is -2.27. The molecular weight excluding hydrogens is 202 g/mol. The second kappa shape index (κ2) is 5.53. The van der Waals surface area contributed by atoms with Crippen molar-refractivity contribution < 1.29 is 4.74 Å². The molecule has 0 aromatic carbocycles. The Labute approximate surface area is 98.1 Å². The van der Waals surface area contributed by atoms with Crippen LogP contribution in [0, 0.1) is 5.92 Å². The molecule has 4 heteroatoms. The molecular formula is C12H23N3O. The normalized spacial score (nSPS) is 30.4. The maximum atomic E-state index is 5.55. The molecule has 2 rings (SSSR count). The minimum atomic E-state index is 0.449. The van der Waals surface area contributed by atoms with Gasteiger partial charge in [-0.25, -0.2) is 0 Å². The summed E-state index contributed by atoms with van der Waals surface area (Å²) in [7, 11) is 2.09. The van der Waals surface area contributed by atoms with Crippen LogP contribution in [0.2, 0.25) is 0 Å². The first kappa shape index (κ1) is 11.7. The Bertz CT molecular complexity index is 255. The first-order valence-electron chi connectivity index (χ1n) is 6.37. The van der Waals surface area contributed by atoms with Crippen LogP contribution in [0.15, 0.2) is 4.99 Å². The van der Waals surface area contributed by atoms with Crippen LogP contribution in [0.5, 0.6) is 0 Å². The fourth-order valence-corrected chi connectivity index (χ4v) is 2.46. The third kappa shape index (κ3) is 3.11. The topological polar surface area (TPSA) is 36.9 Å². The lowest BCUT2D eigenvalue weighted by molar-refractivity contribution is 0.00121. The predicted molar refractivity (Wildman–Crippen MR) is 65.7 cm³/mol. The zero-order chi connectivity index (χ0) is 11.4. The van der Waals surface area contributed by atoms with E-state index in [0.717, 1.165) is 38.1 Å². The number of guanidine groups is 1. The van der Waals surface area contributed by atoms with Gasteiger partial charge in [0.1, 0.15) is 0 Å². The van der Waals surface area contributed by atoms with Gasteiger partial charge >= 0.3 is 0 Å². The van der Waals surface area contributed by atoms with Gasteiger partial charge in [-0.15, -0.1) is 0 Å². The summed E-state index contributed by atoms with van der Waals surface area (Å²) in [5.74, 6) is 1.89. The van der Waals surface area contributed by atoms with Crippen molar-refractivity contribution in [1.82, 2.24) is 10.2 Å². The number of hydrogen-bond donors (Lipinski definition) is 1. The molecule has 1 N–H and O–H groups in total. The fraction of sp³-hybridized carbons (Fsp3) is 0.917. The van der Waals surface area contributed by atoms with Crippen molar-refractivity contribution in [3.8, 4) is 0 Å². The van der Waals surface area contributed by atoms with Gasteiger partial charge in [0, 0.05) is 26.7 Å². The fourth-order valence-electron chi connectivity index (χ4n) is 2.46. The number of likely N-dealkylation sites (N-methyl/N-ethyl adjacent to an activating group) is 1. The molecule has 0 aromatic heterocycles. The summed E-state index contributed by atoms with van der Waals surface area (Å²) in [6.07, 6.45) is 4.11. The van der Waals surface area contributed by atoms with Gasteiger partial charge < -0.3 is 15.0 Å². The standard InChI is InChI=1S/C12H23N3O/c1-10-9-11(4-8-16-10)3-5-13-12-14-6-7-15(12)2/h10-11H,3-9H2,1-2H3,(H,13,14). The Balaban J connectivity index is 1.64. The molecule has 0 radical (unpaired) electrons. The number of nitrogens with zero attached hydrogens (tertiary/aromatic N) is 2. The monoisotopic (exact) mass is 225 g/mol. The van der Waals surface area contributed by atoms with E-state index in [4.69, 9.17) is 4.74 Å². The average molecular weight is 225 g/mol. The summed E-state index contributed by atoms with van der Waals surface area (Å²) in [6, 6.07) is 0. The quantitative estimate of drug-likeness (QED) is 0.781. The lowest BCUT2D eigenvalue weighted by Crippen LogP contribution is -2.37. The molecule has 2 atom stereocenters. The van der Waals surface area contributed by atoms with Crippen LogP contribution < -0.4 is 5.32 Å². The largest absolute Gasteiger partial charge is 0.378 e. The highest BCUT2D eigenvalue weighted by atomic mass is 16.5. The molecule has 0 saturated carbocycles. The van der Waals surface area contributed by atoms with Crippen molar-refractivity contribution in [3.63, 3.8) is 0 Å². The van der Waals surface area contributed by atoms with Crippen molar-refractivity contribution in [2.45, 2.75) is 32.3 Å². The van der Waals surface area contributed by atoms with E-state index in [2.05, 4.69) is 29.2 Å². The third-order valence-electron chi connectivity index (χ3n) is 3.49. The summed E-state index contributed by atoms with van der Waals surface area (Å²) in [5.41, 5.74) is 0. The number of rotatable bonds is 3. The van der Waals surface area contributed by atoms with Crippen LogP contribution in [0.1, 0.15) is 26.2 Å². The lowest BCUT2D eigenvalue weighted by atomic mass is 9.93. The average Bonchev–Trinajstić information content (AvgIpc) is 2.65. The summed E-state index contributed by atoms with van der Waals surface area (Å²) in [6.45, 7) is 6.14. The molecule has 0 aromatic rings. The van der Waals surface area contributed by atoms with Crippen LogP contribution in [-0.2, 0) is 4.74 Å². The zero-order valence-corrected chi connectivity index (χ0v) is 10.4. The van der Waals surface area contributed by atoms with E-state index < -0.39 is 0 Å². The molecule has 0 amide bonds. The second-order valence-electron chi connectivity index (χ2n) is 4.91. The van der Waals surface area contributed by atoms with Crippen molar-refractivity contribution in [2.24, 2.45) is 10.9 Å². The van der Waals surface area contributed by atoms with Gasteiger partial charge in [-0.1, -0.05) is 0 Å². The molecule has 0 spiro atoms. The number of ether oxygens (including phenoxy) is 1. The van der Waals surface area contributed by atoms with Crippen molar-refractivity contribution in [2.75, 3.05) is 33.3 Å². The highest BCUT2D eigenvalue weighted by molar-refractivity contribution is 5.81. The van der Waals surface area contributed by atoms with E-state index in [1.165, 1.54) is 19.3 Å². The van der Waals surface area contributed by atoms with E-state index in [1.54, 1.807) is 0 Å². The van der Waals surface area contributed by atoms with E-state index >= 15 is 0 Å². The van der Waals surface area contributed by atoms with Gasteiger partial charge in [-0.3, -0.25) is 4.99 Å². The van der Waals surface area contributed by atoms with Crippen molar-refractivity contribution in [1.29, 1.82) is 0 Å². The number of aliphatic imine (C=N–C) groups is 1. The van der Waals surface area contributed by atoms with Gasteiger partial charge in [0.15, 0.2) is 5.96 Å². The molecule has 0 bridgehead atoms. The molecule has 2 unspecified atom stereocenters. The van der Waals surface area contributed by atoms with Gasteiger partial charge in [-0.2, -0.15) is 0 Å². The summed E-state index contributed by atoms with van der Waals surface area (Å²) < 4.78 is 5.55. The first-order chi connectivity index (χ1) is 7.75. The molecule has 1 saturated heterocycles. The molecule has 4 nitrogen and oxygen atoms in total. The van der Waals surface area contributed by atoms with E-state index in [-0.39, 0.29) is 0 Å². The van der Waals surface area contributed by atoms with Crippen molar-refractivity contribution in [3.05, 3.63) is 0 Å². The third-order valence-corrected chi connectivity index (χ3v) is 3.49. The van der Waals surface area contributed by atoms with E-state index in [1.807, 2.05) is 0 Å². The maximum absolute atomic E-state index is 5.55. The smallest absolute Gasteiger partial charge is 0.193 e. The molecule has 92 valence electrons. The summed E-state index contributed by atoms with van der Waals surface area (Å²) >= 11 is 0. The number of hydrogen-bond acceptors (Lipinski definition) is 4. The second-order valence-corrected chi connectivity index (χ2v) is 4.91. The summed E-state index contributed by atoms with van der Waals surface area (Å²) in [4.78, 5) is 6.61. The molecule has 1 fully saturated rings. The van der Waals surface area contributed by atoms with Crippen LogP contribution in [0.3, 0.4) is 0 Å². The molecule has 2 heterocycles. The molecule has 16 heavy (non-hydrogen) atoms. The summed E-state index contributed by atoms with van der Waals surface area (Å²) in [5, 5.41) is 3.43. The van der Waals surface area contributed by atoms with Crippen LogP contribution in [0.25, 0.3) is 0 Å². The number of nitrogens with one attached hydrogen (secondary N) is 1. The SMILES string of the molecule is CC1CC(CCNC2=NCCN2C)CCO1. The Morgan fingerprint density at radius 2 is 2.44 bits per heavy atom. The Morgan fingerprint density at radius 1 is 1.56 bits per heavy atom. The van der Waals surface area contributed by atoms with Crippen LogP contribution >= 0.6 is 0 Å². The Morgan fingerprint density at radius 3 is 3.12 bits per heavy atom. The minimum Gasteiger partial charge on any atom is -0.378 e. The van der Waals surface area contributed by atoms with Gasteiger partial charge in [0.2, 0.25) is 0 Å². The highest BCUT2D eigenvalue weighted by Gasteiger charge is 2.19. The minimum absolute atomic E-state index is 0.449. The van der Waals surface area contributed by atoms with Crippen LogP contribution in [0.4, 0.5) is 0 Å². The maximum Gasteiger partial charge on any atom is 0.193 e. The predicted octanol–water partition coefficient (Wildman–Crippen LogP) is 1.08. The van der Waals surface area contributed by atoms with Gasteiger partial charge in [0.05, 0.1) is 12.6 Å². The van der Waals surface area contributed by atoms with Gasteiger partial charge in [0.25, 0.3) is 0 Å². The Hall–Kier alpha value is -0.770. The Kier molecular flexibility index (Phi) is 4.04. The van der Waals surface area contributed by atoms with Crippen molar-refractivity contribution >= 4 is 5.96 Å². The highest BCUT2D eigenvalue weighted by Crippen LogP contribution is 2.22. The molecule has 2 aliphatic rings.